The average molecular weight is 304 g/mol. The molecule has 1 heterocycles. The van der Waals surface area contributed by atoms with Crippen LogP contribution in [0.2, 0.25) is 0 Å². The monoisotopic (exact) mass is 304 g/mol. The van der Waals surface area contributed by atoms with Gasteiger partial charge in [-0.25, -0.2) is 0 Å². The molecule has 5 nitrogen and oxygen atoms in total. The molecular weight excluding hydrogens is 280 g/mol. The van der Waals surface area contributed by atoms with Gasteiger partial charge in [-0.05, 0) is 32.5 Å². The fourth-order valence-corrected chi connectivity index (χ4v) is 2.85. The van der Waals surface area contributed by atoms with E-state index in [0.717, 1.165) is 5.69 Å². The lowest BCUT2D eigenvalue weighted by Gasteiger charge is -2.43. The summed E-state index contributed by atoms with van der Waals surface area (Å²) in [6, 6.07) is 8.71. The van der Waals surface area contributed by atoms with E-state index < -0.39 is 17.6 Å². The molecule has 5 heteroatoms. The van der Waals surface area contributed by atoms with E-state index in [1.807, 2.05) is 56.0 Å². The zero-order valence-corrected chi connectivity index (χ0v) is 13.6. The number of anilines is 1. The number of esters is 1. The van der Waals surface area contributed by atoms with Crippen LogP contribution in [-0.4, -0.2) is 41.5 Å². The molecule has 1 aromatic rings. The smallest absolute Gasteiger partial charge is 0.324 e. The number of cyclic esters (lactones) is 1. The summed E-state index contributed by atoms with van der Waals surface area (Å²) in [7, 11) is 0. The summed E-state index contributed by atoms with van der Waals surface area (Å²) in [5, 5.41) is 2.85. The Morgan fingerprint density at radius 1 is 1.41 bits per heavy atom. The molecule has 1 N–H and O–H groups in total. The first-order valence-electron chi connectivity index (χ1n) is 7.67. The SMILES string of the molecule is CCN1CC(C)(C)OC(=O)C1C(C)C(=O)Nc1ccccc1. The number of para-hydroxylation sites is 1. The highest BCUT2D eigenvalue weighted by Gasteiger charge is 2.44. The lowest BCUT2D eigenvalue weighted by atomic mass is 9.94. The molecule has 120 valence electrons. The quantitative estimate of drug-likeness (QED) is 0.867. The normalized spacial score (nSPS) is 22.7. The van der Waals surface area contributed by atoms with Crippen LogP contribution in [0.5, 0.6) is 0 Å². The summed E-state index contributed by atoms with van der Waals surface area (Å²) in [5.74, 6) is -0.983. The van der Waals surface area contributed by atoms with Crippen molar-refractivity contribution < 1.29 is 14.3 Å². The van der Waals surface area contributed by atoms with Crippen molar-refractivity contribution in [3.63, 3.8) is 0 Å². The number of hydrogen-bond acceptors (Lipinski definition) is 4. The fourth-order valence-electron chi connectivity index (χ4n) is 2.85. The van der Waals surface area contributed by atoms with E-state index in [0.29, 0.717) is 13.1 Å². The predicted octanol–water partition coefficient (Wildman–Crippen LogP) is 2.29. The minimum absolute atomic E-state index is 0.175. The van der Waals surface area contributed by atoms with Gasteiger partial charge in [0.15, 0.2) is 0 Å². The topological polar surface area (TPSA) is 58.6 Å². The van der Waals surface area contributed by atoms with Crippen molar-refractivity contribution >= 4 is 17.6 Å². The lowest BCUT2D eigenvalue weighted by Crippen LogP contribution is -2.60. The van der Waals surface area contributed by atoms with Crippen molar-refractivity contribution in [2.45, 2.75) is 39.3 Å². The van der Waals surface area contributed by atoms with Crippen molar-refractivity contribution in [2.24, 2.45) is 5.92 Å². The summed E-state index contributed by atoms with van der Waals surface area (Å²) >= 11 is 0. The zero-order valence-electron chi connectivity index (χ0n) is 13.6. The lowest BCUT2D eigenvalue weighted by molar-refractivity contribution is -0.181. The van der Waals surface area contributed by atoms with Gasteiger partial charge in [-0.3, -0.25) is 14.5 Å². The van der Waals surface area contributed by atoms with Crippen molar-refractivity contribution in [2.75, 3.05) is 18.4 Å². The Morgan fingerprint density at radius 3 is 2.64 bits per heavy atom. The Hall–Kier alpha value is -1.88. The van der Waals surface area contributed by atoms with Gasteiger partial charge >= 0.3 is 5.97 Å². The van der Waals surface area contributed by atoms with E-state index >= 15 is 0 Å². The maximum atomic E-state index is 12.4. The van der Waals surface area contributed by atoms with Gasteiger partial charge in [0.25, 0.3) is 0 Å². The summed E-state index contributed by atoms with van der Waals surface area (Å²) in [6.07, 6.45) is 0. The molecule has 2 unspecified atom stereocenters. The molecule has 0 saturated carbocycles. The van der Waals surface area contributed by atoms with Crippen LogP contribution in [-0.2, 0) is 14.3 Å². The van der Waals surface area contributed by atoms with Crippen LogP contribution in [0.1, 0.15) is 27.7 Å². The summed E-state index contributed by atoms with van der Waals surface area (Å²) < 4.78 is 5.48. The number of ether oxygens (including phenoxy) is 1. The number of rotatable bonds is 4. The molecule has 1 aliphatic rings. The van der Waals surface area contributed by atoms with E-state index in [-0.39, 0.29) is 11.9 Å². The largest absolute Gasteiger partial charge is 0.457 e. The first-order valence-corrected chi connectivity index (χ1v) is 7.67. The zero-order chi connectivity index (χ0) is 16.3. The predicted molar refractivity (Wildman–Crippen MR) is 85.4 cm³/mol. The van der Waals surface area contributed by atoms with Crippen LogP contribution < -0.4 is 5.32 Å². The van der Waals surface area contributed by atoms with Crippen molar-refractivity contribution in [3.05, 3.63) is 30.3 Å². The van der Waals surface area contributed by atoms with Crippen LogP contribution in [0.4, 0.5) is 5.69 Å². The van der Waals surface area contributed by atoms with Crippen molar-refractivity contribution in [1.29, 1.82) is 0 Å². The third-order valence-electron chi connectivity index (χ3n) is 3.93. The molecule has 1 aliphatic heterocycles. The van der Waals surface area contributed by atoms with Gasteiger partial charge in [0.05, 0.1) is 5.92 Å². The third-order valence-corrected chi connectivity index (χ3v) is 3.93. The van der Waals surface area contributed by atoms with Gasteiger partial charge in [-0.1, -0.05) is 32.0 Å². The van der Waals surface area contributed by atoms with Gasteiger partial charge in [0.1, 0.15) is 11.6 Å². The Morgan fingerprint density at radius 2 is 2.05 bits per heavy atom. The first-order chi connectivity index (χ1) is 10.3. The standard InChI is InChI=1S/C17H24N2O3/c1-5-19-11-17(3,4)22-16(21)14(19)12(2)15(20)18-13-9-7-6-8-10-13/h6-10,12,14H,5,11H2,1-4H3,(H,18,20). The summed E-state index contributed by atoms with van der Waals surface area (Å²) in [6.45, 7) is 8.86. The van der Waals surface area contributed by atoms with E-state index in [1.54, 1.807) is 6.92 Å². The molecule has 22 heavy (non-hydrogen) atoms. The number of carbonyl (C=O) groups excluding carboxylic acids is 2. The van der Waals surface area contributed by atoms with Gasteiger partial charge in [0, 0.05) is 12.2 Å². The molecule has 0 spiro atoms. The maximum Gasteiger partial charge on any atom is 0.324 e. The molecule has 1 fully saturated rings. The maximum absolute atomic E-state index is 12.4. The molecule has 1 aromatic carbocycles. The van der Waals surface area contributed by atoms with Crippen LogP contribution in [0.3, 0.4) is 0 Å². The number of hydrogen-bond donors (Lipinski definition) is 1. The molecule has 1 amide bonds. The molecule has 0 radical (unpaired) electrons. The van der Waals surface area contributed by atoms with Gasteiger partial charge in [0.2, 0.25) is 5.91 Å². The second-order valence-electron chi connectivity index (χ2n) is 6.33. The number of benzene rings is 1. The molecule has 0 aliphatic carbocycles. The van der Waals surface area contributed by atoms with Crippen LogP contribution in [0.15, 0.2) is 30.3 Å². The highest BCUT2D eigenvalue weighted by atomic mass is 16.6. The molecule has 0 bridgehead atoms. The number of morpholine rings is 1. The number of likely N-dealkylation sites (N-methyl/N-ethyl adjacent to an activating group) is 1. The highest BCUT2D eigenvalue weighted by molar-refractivity contribution is 5.96. The number of nitrogens with zero attached hydrogens (tertiary/aromatic N) is 1. The summed E-state index contributed by atoms with van der Waals surface area (Å²) in [4.78, 5) is 26.8. The third kappa shape index (κ3) is 3.65. The molecular formula is C17H24N2O3. The highest BCUT2D eigenvalue weighted by Crippen LogP contribution is 2.26. The number of amides is 1. The van der Waals surface area contributed by atoms with Crippen LogP contribution in [0, 0.1) is 5.92 Å². The Bertz CT molecular complexity index is 542. The summed E-state index contributed by atoms with van der Waals surface area (Å²) in [5.41, 5.74) is 0.214. The molecule has 2 rings (SSSR count). The number of carbonyl (C=O) groups is 2. The van der Waals surface area contributed by atoms with E-state index in [1.165, 1.54) is 0 Å². The second-order valence-corrected chi connectivity index (χ2v) is 6.33. The first kappa shape index (κ1) is 16.5. The Labute approximate surface area is 131 Å². The number of nitrogens with one attached hydrogen (secondary N) is 1. The Balaban J connectivity index is 2.11. The van der Waals surface area contributed by atoms with Gasteiger partial charge in [-0.2, -0.15) is 0 Å². The van der Waals surface area contributed by atoms with Crippen LogP contribution >= 0.6 is 0 Å². The van der Waals surface area contributed by atoms with Crippen molar-refractivity contribution in [1.82, 2.24) is 4.90 Å². The van der Waals surface area contributed by atoms with Crippen LogP contribution in [0.25, 0.3) is 0 Å². The second kappa shape index (κ2) is 6.48. The minimum Gasteiger partial charge on any atom is -0.457 e. The average Bonchev–Trinajstić information content (AvgIpc) is 2.45. The minimum atomic E-state index is -0.540. The Kier molecular flexibility index (Phi) is 4.86. The van der Waals surface area contributed by atoms with E-state index in [4.69, 9.17) is 4.74 Å². The molecule has 1 saturated heterocycles. The molecule has 2 atom stereocenters. The van der Waals surface area contributed by atoms with E-state index in [2.05, 4.69) is 5.32 Å². The van der Waals surface area contributed by atoms with Crippen molar-refractivity contribution in [3.8, 4) is 0 Å². The van der Waals surface area contributed by atoms with Gasteiger partial charge < -0.3 is 10.1 Å². The molecule has 0 aromatic heterocycles. The van der Waals surface area contributed by atoms with E-state index in [9.17, 15) is 9.59 Å². The van der Waals surface area contributed by atoms with Gasteiger partial charge in [-0.15, -0.1) is 0 Å². The fraction of sp³-hybridized carbons (Fsp3) is 0.529.